The minimum atomic E-state index is -0.497. The van der Waals surface area contributed by atoms with E-state index in [0.29, 0.717) is 19.5 Å². The molecule has 31 heavy (non-hydrogen) atoms. The van der Waals surface area contributed by atoms with Crippen LogP contribution in [0.15, 0.2) is 67.1 Å². The lowest BCUT2D eigenvalue weighted by Gasteiger charge is -2.30. The molecule has 1 amide bonds. The zero-order chi connectivity index (χ0) is 21.2. The molecular formula is C23H21FN6O. The minimum Gasteiger partial charge on any atom is -0.360 e. The molecule has 5 rings (SSSR count). The third-order valence-electron chi connectivity index (χ3n) is 5.75. The number of H-pyrrole nitrogens is 1. The highest BCUT2D eigenvalue weighted by Gasteiger charge is 2.28. The number of aromatic nitrogens is 5. The van der Waals surface area contributed by atoms with Crippen molar-refractivity contribution in [3.05, 3.63) is 84.1 Å². The Morgan fingerprint density at radius 3 is 2.81 bits per heavy atom. The summed E-state index contributed by atoms with van der Waals surface area (Å²) in [5, 5.41) is 12.4. The van der Waals surface area contributed by atoms with Crippen molar-refractivity contribution in [1.82, 2.24) is 30.1 Å². The number of benzene rings is 2. The standard InChI is InChI=1S/C23H21FN6O/c24-18-6-7-19-20(14-25-21(19)13-18)17-8-10-29(11-9-17)23(31)22(30-15-26-27-28-30)12-16-4-2-1-3-5-16/h1-8,13-15,22,25H,9-12H2. The smallest absolute Gasteiger partial charge is 0.248 e. The van der Waals surface area contributed by atoms with Crippen molar-refractivity contribution in [3.63, 3.8) is 0 Å². The van der Waals surface area contributed by atoms with Crippen LogP contribution in [0.5, 0.6) is 0 Å². The van der Waals surface area contributed by atoms with Crippen LogP contribution in [-0.2, 0) is 11.2 Å². The number of carbonyl (C=O) groups is 1. The highest BCUT2D eigenvalue weighted by atomic mass is 19.1. The number of aromatic amines is 1. The van der Waals surface area contributed by atoms with Gasteiger partial charge in [-0.2, -0.15) is 0 Å². The van der Waals surface area contributed by atoms with Crippen molar-refractivity contribution in [2.45, 2.75) is 18.9 Å². The van der Waals surface area contributed by atoms with E-state index in [1.54, 1.807) is 6.07 Å². The first kappa shape index (κ1) is 19.2. The van der Waals surface area contributed by atoms with Crippen molar-refractivity contribution in [2.75, 3.05) is 13.1 Å². The topological polar surface area (TPSA) is 79.7 Å². The van der Waals surface area contributed by atoms with Gasteiger partial charge in [-0.25, -0.2) is 9.07 Å². The van der Waals surface area contributed by atoms with E-state index in [1.165, 1.54) is 23.1 Å². The van der Waals surface area contributed by atoms with E-state index in [1.807, 2.05) is 41.4 Å². The Kier molecular flexibility index (Phi) is 5.03. The van der Waals surface area contributed by atoms with Gasteiger partial charge in [0.25, 0.3) is 0 Å². The average Bonchev–Trinajstić information content (AvgIpc) is 3.48. The second-order valence-corrected chi connectivity index (χ2v) is 7.65. The maximum Gasteiger partial charge on any atom is 0.248 e. The maximum atomic E-state index is 13.5. The van der Waals surface area contributed by atoms with Crippen molar-refractivity contribution >= 4 is 22.4 Å². The fourth-order valence-electron chi connectivity index (χ4n) is 4.13. The fourth-order valence-corrected chi connectivity index (χ4v) is 4.13. The van der Waals surface area contributed by atoms with E-state index in [9.17, 15) is 9.18 Å². The lowest BCUT2D eigenvalue weighted by molar-refractivity contribution is -0.134. The van der Waals surface area contributed by atoms with E-state index < -0.39 is 6.04 Å². The van der Waals surface area contributed by atoms with Crippen LogP contribution in [0.3, 0.4) is 0 Å². The first-order chi connectivity index (χ1) is 15.2. The molecule has 0 spiro atoms. The van der Waals surface area contributed by atoms with Gasteiger partial charge in [0.1, 0.15) is 18.2 Å². The fraction of sp³-hybridized carbons (Fsp3) is 0.217. The molecule has 0 saturated carbocycles. The van der Waals surface area contributed by atoms with Crippen molar-refractivity contribution < 1.29 is 9.18 Å². The van der Waals surface area contributed by atoms with Gasteiger partial charge in [0.05, 0.1) is 0 Å². The van der Waals surface area contributed by atoms with Crippen LogP contribution < -0.4 is 0 Å². The van der Waals surface area contributed by atoms with E-state index >= 15 is 0 Å². The van der Waals surface area contributed by atoms with Gasteiger partial charge in [-0.05, 0) is 46.2 Å². The number of nitrogens with zero attached hydrogens (tertiary/aromatic N) is 5. The Bertz CT molecular complexity index is 1230. The van der Waals surface area contributed by atoms with E-state index in [-0.39, 0.29) is 11.7 Å². The third-order valence-corrected chi connectivity index (χ3v) is 5.75. The van der Waals surface area contributed by atoms with Gasteiger partial charge < -0.3 is 9.88 Å². The molecule has 1 aliphatic rings. The average molecular weight is 416 g/mol. The number of amides is 1. The molecule has 1 unspecified atom stereocenters. The summed E-state index contributed by atoms with van der Waals surface area (Å²) in [5.41, 5.74) is 4.04. The molecule has 1 N–H and O–H groups in total. The van der Waals surface area contributed by atoms with Crippen molar-refractivity contribution in [2.24, 2.45) is 0 Å². The molecule has 0 saturated heterocycles. The second-order valence-electron chi connectivity index (χ2n) is 7.65. The monoisotopic (exact) mass is 416 g/mol. The molecule has 0 radical (unpaired) electrons. The Hall–Kier alpha value is -3.81. The summed E-state index contributed by atoms with van der Waals surface area (Å²) in [6, 6.07) is 14.1. The molecule has 1 atom stereocenters. The molecule has 3 heterocycles. The summed E-state index contributed by atoms with van der Waals surface area (Å²) in [6.07, 6.45) is 6.72. The van der Waals surface area contributed by atoms with E-state index in [0.717, 1.165) is 34.0 Å². The molecular weight excluding hydrogens is 395 g/mol. The van der Waals surface area contributed by atoms with E-state index in [4.69, 9.17) is 0 Å². The molecule has 0 fully saturated rings. The van der Waals surface area contributed by atoms with Crippen LogP contribution >= 0.6 is 0 Å². The van der Waals surface area contributed by atoms with Crippen LogP contribution in [0.25, 0.3) is 16.5 Å². The van der Waals surface area contributed by atoms with Gasteiger partial charge in [-0.1, -0.05) is 36.4 Å². The van der Waals surface area contributed by atoms with Crippen molar-refractivity contribution in [1.29, 1.82) is 0 Å². The maximum absolute atomic E-state index is 13.5. The molecule has 4 aromatic rings. The molecule has 156 valence electrons. The summed E-state index contributed by atoms with van der Waals surface area (Å²) in [7, 11) is 0. The first-order valence-corrected chi connectivity index (χ1v) is 10.2. The van der Waals surface area contributed by atoms with E-state index in [2.05, 4.69) is 26.6 Å². The SMILES string of the molecule is O=C(C(Cc1ccccc1)n1cnnn1)N1CC=C(c2c[nH]c3cc(F)ccc23)CC1. The Balaban J connectivity index is 1.36. The number of nitrogens with one attached hydrogen (secondary N) is 1. The predicted molar refractivity (Wildman–Crippen MR) is 114 cm³/mol. The van der Waals surface area contributed by atoms with Gasteiger partial charge in [-0.15, -0.1) is 5.10 Å². The molecule has 2 aromatic carbocycles. The lowest BCUT2D eigenvalue weighted by atomic mass is 9.98. The zero-order valence-corrected chi connectivity index (χ0v) is 16.8. The van der Waals surface area contributed by atoms with Gasteiger partial charge in [0.2, 0.25) is 5.91 Å². The zero-order valence-electron chi connectivity index (χ0n) is 16.8. The van der Waals surface area contributed by atoms with Crippen LogP contribution in [0.2, 0.25) is 0 Å². The molecule has 7 nitrogen and oxygen atoms in total. The van der Waals surface area contributed by atoms with Crippen LogP contribution in [0, 0.1) is 5.82 Å². The number of hydrogen-bond acceptors (Lipinski definition) is 4. The third kappa shape index (κ3) is 3.84. The van der Waals surface area contributed by atoms with Gasteiger partial charge in [-0.3, -0.25) is 4.79 Å². The summed E-state index contributed by atoms with van der Waals surface area (Å²) in [4.78, 5) is 18.4. The van der Waals surface area contributed by atoms with Gasteiger partial charge >= 0.3 is 0 Å². The number of tetrazole rings is 1. The number of carbonyl (C=O) groups excluding carboxylic acids is 1. The number of halogens is 1. The molecule has 1 aliphatic heterocycles. The highest BCUT2D eigenvalue weighted by molar-refractivity contribution is 5.93. The van der Waals surface area contributed by atoms with Crippen LogP contribution in [0.1, 0.15) is 23.6 Å². The number of fused-ring (bicyclic) bond motifs is 1. The summed E-state index contributed by atoms with van der Waals surface area (Å²) in [5.74, 6) is -0.269. The predicted octanol–water partition coefficient (Wildman–Crippen LogP) is 3.39. The molecule has 8 heteroatoms. The normalized spacial score (nSPS) is 15.1. The number of hydrogen-bond donors (Lipinski definition) is 1. The van der Waals surface area contributed by atoms with Crippen molar-refractivity contribution in [3.8, 4) is 0 Å². The summed E-state index contributed by atoms with van der Waals surface area (Å²) in [6.45, 7) is 1.11. The quantitative estimate of drug-likeness (QED) is 0.541. The largest absolute Gasteiger partial charge is 0.360 e. The molecule has 2 aromatic heterocycles. The van der Waals surface area contributed by atoms with Gasteiger partial charge in [0, 0.05) is 42.2 Å². The Morgan fingerprint density at radius 2 is 2.06 bits per heavy atom. The van der Waals surface area contributed by atoms with Crippen LogP contribution in [-0.4, -0.2) is 49.1 Å². The molecule has 0 bridgehead atoms. The molecule has 0 aliphatic carbocycles. The summed E-state index contributed by atoms with van der Waals surface area (Å²) >= 11 is 0. The first-order valence-electron chi connectivity index (χ1n) is 10.2. The Labute approximate surface area is 178 Å². The minimum absolute atomic E-state index is 0.00699. The van der Waals surface area contributed by atoms with Gasteiger partial charge in [0.15, 0.2) is 0 Å². The Morgan fingerprint density at radius 1 is 1.19 bits per heavy atom. The lowest BCUT2D eigenvalue weighted by Crippen LogP contribution is -2.40. The second kappa shape index (κ2) is 8.14. The summed E-state index contributed by atoms with van der Waals surface area (Å²) < 4.78 is 15.0. The van der Waals surface area contributed by atoms with Crippen LogP contribution in [0.4, 0.5) is 4.39 Å². The highest BCUT2D eigenvalue weighted by Crippen LogP contribution is 2.30. The number of rotatable bonds is 5.